The monoisotopic (exact) mass is 295 g/mol. The summed E-state index contributed by atoms with van der Waals surface area (Å²) >= 11 is 0. The highest BCUT2D eigenvalue weighted by Crippen LogP contribution is 2.15. The smallest absolute Gasteiger partial charge is 0.243 e. The van der Waals surface area contributed by atoms with E-state index in [1.54, 1.807) is 0 Å². The van der Waals surface area contributed by atoms with Crippen molar-refractivity contribution in [3.05, 3.63) is 29.8 Å². The molecule has 0 heterocycles. The van der Waals surface area contributed by atoms with E-state index in [9.17, 15) is 13.2 Å². The van der Waals surface area contributed by atoms with Crippen molar-refractivity contribution < 1.29 is 13.2 Å². The van der Waals surface area contributed by atoms with Gasteiger partial charge in [-0.2, -0.15) is 9.57 Å². The molecule has 0 saturated carbocycles. The molecule has 0 saturated heterocycles. The zero-order valence-electron chi connectivity index (χ0n) is 11.5. The largest absolute Gasteiger partial charge is 0.355 e. The van der Waals surface area contributed by atoms with Crippen molar-refractivity contribution in [1.82, 2.24) is 9.62 Å². The summed E-state index contributed by atoms with van der Waals surface area (Å²) in [6.07, 6.45) is 0.784. The highest BCUT2D eigenvalue weighted by molar-refractivity contribution is 7.89. The fourth-order valence-corrected chi connectivity index (χ4v) is 2.69. The standard InChI is InChI=1S/C13H17N3O3S/c1-3-7-15-13(17)10-16(2)20(18,19)12-6-4-5-11(8-12)9-14/h4-6,8H,3,7,10H2,1-2H3,(H,15,17). The molecule has 0 aliphatic heterocycles. The molecule has 0 radical (unpaired) electrons. The lowest BCUT2D eigenvalue weighted by Crippen LogP contribution is -2.38. The van der Waals surface area contributed by atoms with Gasteiger partial charge < -0.3 is 5.32 Å². The molecule has 1 rings (SSSR count). The number of carbonyl (C=O) groups excluding carboxylic acids is 1. The van der Waals surface area contributed by atoms with Gasteiger partial charge in [-0.1, -0.05) is 13.0 Å². The number of sulfonamides is 1. The lowest BCUT2D eigenvalue weighted by Gasteiger charge is -2.16. The second kappa shape index (κ2) is 7.03. The number of nitrogens with one attached hydrogen (secondary N) is 1. The number of nitrogens with zero attached hydrogens (tertiary/aromatic N) is 2. The molecule has 1 amide bonds. The first kappa shape index (κ1) is 16.1. The second-order valence-electron chi connectivity index (χ2n) is 4.25. The Morgan fingerprint density at radius 2 is 2.15 bits per heavy atom. The zero-order chi connectivity index (χ0) is 15.2. The summed E-state index contributed by atoms with van der Waals surface area (Å²) in [4.78, 5) is 11.5. The number of benzene rings is 1. The van der Waals surface area contributed by atoms with Crippen molar-refractivity contribution in [3.8, 4) is 6.07 Å². The molecule has 0 atom stereocenters. The van der Waals surface area contributed by atoms with Crippen LogP contribution in [0, 0.1) is 11.3 Å². The van der Waals surface area contributed by atoms with Gasteiger partial charge in [0.1, 0.15) is 0 Å². The first-order chi connectivity index (χ1) is 9.41. The first-order valence-corrected chi connectivity index (χ1v) is 7.59. The Kier molecular flexibility index (Phi) is 5.67. The van der Waals surface area contributed by atoms with E-state index < -0.39 is 10.0 Å². The van der Waals surface area contributed by atoms with E-state index in [0.717, 1.165) is 10.7 Å². The molecule has 20 heavy (non-hydrogen) atoms. The van der Waals surface area contributed by atoms with Gasteiger partial charge in [-0.15, -0.1) is 0 Å². The lowest BCUT2D eigenvalue weighted by atomic mass is 10.2. The fourth-order valence-electron chi connectivity index (χ4n) is 1.51. The molecule has 1 aromatic carbocycles. The highest BCUT2D eigenvalue weighted by Gasteiger charge is 2.22. The Morgan fingerprint density at radius 1 is 1.45 bits per heavy atom. The molecule has 1 aromatic rings. The topological polar surface area (TPSA) is 90.3 Å². The van der Waals surface area contributed by atoms with Gasteiger partial charge >= 0.3 is 0 Å². The average molecular weight is 295 g/mol. The predicted octanol–water partition coefficient (Wildman–Crippen LogP) is 0.705. The van der Waals surface area contributed by atoms with E-state index in [4.69, 9.17) is 5.26 Å². The van der Waals surface area contributed by atoms with Crippen LogP contribution in [0.3, 0.4) is 0 Å². The molecule has 1 N–H and O–H groups in total. The number of hydrogen-bond acceptors (Lipinski definition) is 4. The van der Waals surface area contributed by atoms with Crippen molar-refractivity contribution in [2.24, 2.45) is 0 Å². The van der Waals surface area contributed by atoms with Crippen LogP contribution < -0.4 is 5.32 Å². The van der Waals surface area contributed by atoms with Gasteiger partial charge in [0.15, 0.2) is 0 Å². The summed E-state index contributed by atoms with van der Waals surface area (Å²) in [6.45, 7) is 2.17. The Bertz CT molecular complexity index is 620. The van der Waals surface area contributed by atoms with E-state index in [1.165, 1.54) is 31.3 Å². The van der Waals surface area contributed by atoms with Gasteiger partial charge in [-0.3, -0.25) is 4.79 Å². The van der Waals surface area contributed by atoms with Crippen LogP contribution in [0.25, 0.3) is 0 Å². The molecular weight excluding hydrogens is 278 g/mol. The third-order valence-electron chi connectivity index (χ3n) is 2.61. The summed E-state index contributed by atoms with van der Waals surface area (Å²) < 4.78 is 25.5. The first-order valence-electron chi connectivity index (χ1n) is 6.15. The van der Waals surface area contributed by atoms with Crippen molar-refractivity contribution >= 4 is 15.9 Å². The molecule has 0 aliphatic rings. The molecule has 0 aromatic heterocycles. The van der Waals surface area contributed by atoms with Crippen LogP contribution in [-0.2, 0) is 14.8 Å². The number of amides is 1. The minimum Gasteiger partial charge on any atom is -0.355 e. The van der Waals surface area contributed by atoms with Gasteiger partial charge in [0.25, 0.3) is 0 Å². The van der Waals surface area contributed by atoms with Gasteiger partial charge in [0.2, 0.25) is 15.9 Å². The van der Waals surface area contributed by atoms with Crippen LogP contribution in [0.15, 0.2) is 29.2 Å². The van der Waals surface area contributed by atoms with Crippen LogP contribution in [0.5, 0.6) is 0 Å². The van der Waals surface area contributed by atoms with Crippen LogP contribution in [0.2, 0.25) is 0 Å². The van der Waals surface area contributed by atoms with E-state index in [0.29, 0.717) is 6.54 Å². The lowest BCUT2D eigenvalue weighted by molar-refractivity contribution is -0.121. The number of likely N-dealkylation sites (N-methyl/N-ethyl adjacent to an activating group) is 1. The number of nitriles is 1. The average Bonchev–Trinajstić information content (AvgIpc) is 2.45. The number of carbonyl (C=O) groups is 1. The molecule has 7 heteroatoms. The number of hydrogen-bond donors (Lipinski definition) is 1. The maximum absolute atomic E-state index is 12.2. The SMILES string of the molecule is CCCNC(=O)CN(C)S(=O)(=O)c1cccc(C#N)c1. The van der Waals surface area contributed by atoms with E-state index in [1.807, 2.05) is 13.0 Å². The predicted molar refractivity (Wildman–Crippen MR) is 74.3 cm³/mol. The van der Waals surface area contributed by atoms with Gasteiger partial charge in [0, 0.05) is 13.6 Å². The van der Waals surface area contributed by atoms with Crippen LogP contribution in [0.1, 0.15) is 18.9 Å². The van der Waals surface area contributed by atoms with Crippen molar-refractivity contribution in [2.75, 3.05) is 20.1 Å². The quantitative estimate of drug-likeness (QED) is 0.836. The molecule has 6 nitrogen and oxygen atoms in total. The Labute approximate surface area is 119 Å². The normalized spacial score (nSPS) is 11.1. The summed E-state index contributed by atoms with van der Waals surface area (Å²) in [5.41, 5.74) is 0.259. The zero-order valence-corrected chi connectivity index (χ0v) is 12.3. The molecule has 0 spiro atoms. The molecule has 0 bridgehead atoms. The van der Waals surface area contributed by atoms with E-state index in [-0.39, 0.29) is 22.9 Å². The summed E-state index contributed by atoms with van der Waals surface area (Å²) in [5, 5.41) is 11.4. The highest BCUT2D eigenvalue weighted by atomic mass is 32.2. The van der Waals surface area contributed by atoms with E-state index in [2.05, 4.69) is 5.32 Å². The molecule has 0 fully saturated rings. The second-order valence-corrected chi connectivity index (χ2v) is 6.30. The van der Waals surface area contributed by atoms with Crippen LogP contribution >= 0.6 is 0 Å². The van der Waals surface area contributed by atoms with Crippen LogP contribution in [-0.4, -0.2) is 38.8 Å². The summed E-state index contributed by atoms with van der Waals surface area (Å²) in [5.74, 6) is -0.352. The van der Waals surface area contributed by atoms with Gasteiger partial charge in [0.05, 0.1) is 23.1 Å². The van der Waals surface area contributed by atoms with E-state index >= 15 is 0 Å². The van der Waals surface area contributed by atoms with Crippen molar-refractivity contribution in [2.45, 2.75) is 18.2 Å². The molecule has 0 unspecified atom stereocenters. The minimum absolute atomic E-state index is 0.00217. The summed E-state index contributed by atoms with van der Waals surface area (Å²) in [6, 6.07) is 7.59. The fraction of sp³-hybridized carbons (Fsp3) is 0.385. The molecule has 0 aliphatic carbocycles. The Hall–Kier alpha value is -1.91. The van der Waals surface area contributed by atoms with Crippen molar-refractivity contribution in [1.29, 1.82) is 5.26 Å². The maximum atomic E-state index is 12.2. The third kappa shape index (κ3) is 4.05. The third-order valence-corrected chi connectivity index (χ3v) is 4.41. The van der Waals surface area contributed by atoms with Crippen LogP contribution in [0.4, 0.5) is 0 Å². The van der Waals surface area contributed by atoms with Crippen molar-refractivity contribution in [3.63, 3.8) is 0 Å². The van der Waals surface area contributed by atoms with Gasteiger partial charge in [-0.05, 0) is 24.6 Å². The molecular formula is C13H17N3O3S. The Balaban J connectivity index is 2.87. The number of rotatable bonds is 6. The maximum Gasteiger partial charge on any atom is 0.243 e. The van der Waals surface area contributed by atoms with Gasteiger partial charge in [-0.25, -0.2) is 8.42 Å². The molecule has 108 valence electrons. The summed E-state index contributed by atoms with van der Waals surface area (Å²) in [7, 11) is -2.44. The Morgan fingerprint density at radius 3 is 2.75 bits per heavy atom. The minimum atomic E-state index is -3.77.